The Labute approximate surface area is 174 Å². The molecule has 2 heterocycles. The Morgan fingerprint density at radius 3 is 2.21 bits per heavy atom. The first-order valence-electron chi connectivity index (χ1n) is 9.41. The molecule has 29 heavy (non-hydrogen) atoms. The lowest BCUT2D eigenvalue weighted by Crippen LogP contribution is -2.32. The van der Waals surface area contributed by atoms with Gasteiger partial charge in [0.05, 0.1) is 22.0 Å². The molecule has 0 spiro atoms. The molecule has 3 aromatic rings. The second kappa shape index (κ2) is 7.97. The lowest BCUT2D eigenvalue weighted by atomic mass is 10.1. The van der Waals surface area contributed by atoms with Gasteiger partial charge in [-0.2, -0.15) is 5.26 Å². The number of halogens is 1. The van der Waals surface area contributed by atoms with Crippen LogP contribution < -0.4 is 4.90 Å². The van der Waals surface area contributed by atoms with E-state index in [1.54, 1.807) is 6.07 Å². The number of benzene rings is 2. The molecule has 1 aromatic heterocycles. The van der Waals surface area contributed by atoms with Crippen molar-refractivity contribution in [2.24, 2.45) is 0 Å². The fraction of sp³-hybridized carbons (Fsp3) is 0.286. The third-order valence-corrected chi connectivity index (χ3v) is 7.18. The van der Waals surface area contributed by atoms with E-state index in [0.29, 0.717) is 21.9 Å². The fourth-order valence-corrected chi connectivity index (χ4v) is 5.06. The van der Waals surface area contributed by atoms with E-state index in [4.69, 9.17) is 16.6 Å². The van der Waals surface area contributed by atoms with Gasteiger partial charge >= 0.3 is 0 Å². The first-order valence-corrected chi connectivity index (χ1v) is 11.3. The van der Waals surface area contributed by atoms with Crippen LogP contribution in [0.5, 0.6) is 0 Å². The van der Waals surface area contributed by atoms with Crippen molar-refractivity contribution in [3.05, 3.63) is 59.2 Å². The lowest BCUT2D eigenvalue weighted by Gasteiger charge is -2.30. The summed E-state index contributed by atoms with van der Waals surface area (Å²) in [6, 6.07) is 15.1. The SMILES string of the molecule is N#CC(c1nc2ccccc2nc1N1CCCCC1)S(=O)(=O)c1ccc(Cl)cc1. The minimum Gasteiger partial charge on any atom is -0.355 e. The van der Waals surface area contributed by atoms with Crippen LogP contribution >= 0.6 is 11.6 Å². The van der Waals surface area contributed by atoms with E-state index >= 15 is 0 Å². The molecule has 8 heteroatoms. The smallest absolute Gasteiger partial charge is 0.200 e. The highest BCUT2D eigenvalue weighted by atomic mass is 35.5. The Hall–Kier alpha value is -2.69. The van der Waals surface area contributed by atoms with Crippen LogP contribution in [0.1, 0.15) is 30.2 Å². The largest absolute Gasteiger partial charge is 0.355 e. The summed E-state index contributed by atoms with van der Waals surface area (Å²) in [5.74, 6) is 0.479. The Kier molecular flexibility index (Phi) is 5.39. The zero-order valence-electron chi connectivity index (χ0n) is 15.6. The summed E-state index contributed by atoms with van der Waals surface area (Å²) >= 11 is 5.90. The van der Waals surface area contributed by atoms with Crippen molar-refractivity contribution >= 4 is 38.3 Å². The summed E-state index contributed by atoms with van der Waals surface area (Å²) in [5.41, 5.74) is 1.43. The summed E-state index contributed by atoms with van der Waals surface area (Å²) < 4.78 is 26.6. The van der Waals surface area contributed by atoms with Crippen LogP contribution in [-0.2, 0) is 9.84 Å². The summed E-state index contributed by atoms with van der Waals surface area (Å²) in [6.45, 7) is 1.53. The maximum atomic E-state index is 13.3. The van der Waals surface area contributed by atoms with Crippen LogP contribution in [-0.4, -0.2) is 31.5 Å². The molecule has 0 amide bonds. The van der Waals surface area contributed by atoms with Crippen LogP contribution in [0.3, 0.4) is 0 Å². The predicted molar refractivity (Wildman–Crippen MR) is 113 cm³/mol. The molecule has 0 bridgehead atoms. The number of hydrogen-bond donors (Lipinski definition) is 0. The molecule has 6 nitrogen and oxygen atoms in total. The maximum absolute atomic E-state index is 13.3. The standard InChI is InChI=1S/C21H19ClN4O2S/c22-15-8-10-16(11-9-15)29(27,28)19(14-23)20-21(26-12-4-1-5-13-26)25-18-7-3-2-6-17(18)24-20/h2-3,6-11,19H,1,4-5,12-13H2. The van der Waals surface area contributed by atoms with Crippen molar-refractivity contribution in [1.29, 1.82) is 5.26 Å². The van der Waals surface area contributed by atoms with Crippen LogP contribution in [0.15, 0.2) is 53.4 Å². The molecule has 1 aliphatic heterocycles. The highest BCUT2D eigenvalue weighted by Crippen LogP contribution is 2.35. The lowest BCUT2D eigenvalue weighted by molar-refractivity contribution is 0.569. The van der Waals surface area contributed by atoms with Crippen molar-refractivity contribution in [1.82, 2.24) is 9.97 Å². The molecule has 2 aromatic carbocycles. The highest BCUT2D eigenvalue weighted by molar-refractivity contribution is 7.92. The van der Waals surface area contributed by atoms with E-state index in [2.05, 4.69) is 4.98 Å². The van der Waals surface area contributed by atoms with E-state index < -0.39 is 15.1 Å². The van der Waals surface area contributed by atoms with Gasteiger partial charge < -0.3 is 4.90 Å². The maximum Gasteiger partial charge on any atom is 0.200 e. The van der Waals surface area contributed by atoms with Crippen molar-refractivity contribution in [2.45, 2.75) is 29.4 Å². The number of para-hydroxylation sites is 2. The number of rotatable bonds is 4. The number of anilines is 1. The number of piperidine rings is 1. The van der Waals surface area contributed by atoms with E-state index in [-0.39, 0.29) is 10.6 Å². The van der Waals surface area contributed by atoms with Crippen LogP contribution in [0.2, 0.25) is 5.02 Å². The summed E-state index contributed by atoms with van der Waals surface area (Å²) in [5, 5.41) is 8.85. The monoisotopic (exact) mass is 426 g/mol. The van der Waals surface area contributed by atoms with Gasteiger partial charge in [-0.15, -0.1) is 0 Å². The van der Waals surface area contributed by atoms with Crippen molar-refractivity contribution in [2.75, 3.05) is 18.0 Å². The summed E-state index contributed by atoms with van der Waals surface area (Å²) in [4.78, 5) is 11.4. The van der Waals surface area contributed by atoms with E-state index in [9.17, 15) is 13.7 Å². The highest BCUT2D eigenvalue weighted by Gasteiger charge is 2.35. The molecule has 0 saturated carbocycles. The van der Waals surface area contributed by atoms with Gasteiger partial charge in [-0.25, -0.2) is 18.4 Å². The van der Waals surface area contributed by atoms with Gasteiger partial charge in [-0.05, 0) is 55.7 Å². The number of hydrogen-bond acceptors (Lipinski definition) is 6. The average molecular weight is 427 g/mol. The van der Waals surface area contributed by atoms with Gasteiger partial charge in [0, 0.05) is 18.1 Å². The first-order chi connectivity index (χ1) is 14.0. The Bertz CT molecular complexity index is 1180. The molecular formula is C21H19ClN4O2S. The molecule has 148 valence electrons. The molecule has 1 aliphatic rings. The van der Waals surface area contributed by atoms with Crippen LogP contribution in [0.25, 0.3) is 11.0 Å². The van der Waals surface area contributed by atoms with Gasteiger partial charge in [0.25, 0.3) is 0 Å². The quantitative estimate of drug-likeness (QED) is 0.617. The fourth-order valence-electron chi connectivity index (χ4n) is 3.56. The van der Waals surface area contributed by atoms with Crippen molar-refractivity contribution < 1.29 is 8.42 Å². The van der Waals surface area contributed by atoms with E-state index in [1.807, 2.05) is 29.2 Å². The number of aromatic nitrogens is 2. The Morgan fingerprint density at radius 1 is 0.966 bits per heavy atom. The molecule has 1 atom stereocenters. The molecule has 0 N–H and O–H groups in total. The van der Waals surface area contributed by atoms with Gasteiger partial charge in [0.2, 0.25) is 9.84 Å². The number of sulfone groups is 1. The van der Waals surface area contributed by atoms with Crippen molar-refractivity contribution in [3.8, 4) is 6.07 Å². The number of fused-ring (bicyclic) bond motifs is 1. The zero-order chi connectivity index (χ0) is 20.4. The van der Waals surface area contributed by atoms with E-state index in [0.717, 1.165) is 32.4 Å². The molecule has 4 rings (SSSR count). The van der Waals surface area contributed by atoms with Gasteiger partial charge in [0.1, 0.15) is 5.69 Å². The second-order valence-corrected chi connectivity index (χ2v) is 9.45. The Morgan fingerprint density at radius 2 is 1.59 bits per heavy atom. The van der Waals surface area contributed by atoms with Gasteiger partial charge in [0.15, 0.2) is 11.1 Å². The molecule has 0 radical (unpaired) electrons. The first kappa shape index (κ1) is 19.6. The predicted octanol–water partition coefficient (Wildman–Crippen LogP) is 4.31. The summed E-state index contributed by atoms with van der Waals surface area (Å²) in [6.07, 6.45) is 3.11. The molecule has 1 saturated heterocycles. The molecular weight excluding hydrogens is 408 g/mol. The normalized spacial score (nSPS) is 15.8. The number of nitriles is 1. The minimum absolute atomic E-state index is 0.0352. The zero-order valence-corrected chi connectivity index (χ0v) is 17.2. The second-order valence-electron chi connectivity index (χ2n) is 6.98. The third-order valence-electron chi connectivity index (χ3n) is 5.05. The van der Waals surface area contributed by atoms with Gasteiger partial charge in [-0.1, -0.05) is 23.7 Å². The summed E-state index contributed by atoms with van der Waals surface area (Å²) in [7, 11) is -4.00. The van der Waals surface area contributed by atoms with Crippen LogP contribution in [0.4, 0.5) is 5.82 Å². The molecule has 0 aliphatic carbocycles. The number of nitrogens with zero attached hydrogens (tertiary/aromatic N) is 4. The van der Waals surface area contributed by atoms with Crippen LogP contribution in [0, 0.1) is 11.3 Å². The van der Waals surface area contributed by atoms with Crippen molar-refractivity contribution in [3.63, 3.8) is 0 Å². The van der Waals surface area contributed by atoms with E-state index in [1.165, 1.54) is 24.3 Å². The minimum atomic E-state index is -4.00. The molecule has 1 fully saturated rings. The Balaban J connectivity index is 1.89. The van der Waals surface area contributed by atoms with Gasteiger partial charge in [-0.3, -0.25) is 0 Å². The molecule has 1 unspecified atom stereocenters. The average Bonchev–Trinajstić information content (AvgIpc) is 2.74. The topological polar surface area (TPSA) is 86.9 Å². The third kappa shape index (κ3) is 3.78.